The van der Waals surface area contributed by atoms with Crippen molar-refractivity contribution in [2.75, 3.05) is 33.7 Å². The largest absolute Gasteiger partial charge is 0.480 e. The number of carboxylic acid groups (broad SMARTS) is 1. The van der Waals surface area contributed by atoms with E-state index in [-0.39, 0.29) is 6.03 Å². The second-order valence-electron chi connectivity index (χ2n) is 4.58. The van der Waals surface area contributed by atoms with Crippen LogP contribution in [0.5, 0.6) is 0 Å². The molecule has 0 spiro atoms. The fraction of sp³-hybridized carbons (Fsp3) is 0.818. The topological polar surface area (TPSA) is 72.9 Å². The maximum Gasteiger partial charge on any atom is 0.326 e. The summed E-state index contributed by atoms with van der Waals surface area (Å²) in [6.45, 7) is 1.82. The third-order valence-electron chi connectivity index (χ3n) is 2.88. The molecule has 1 aliphatic rings. The van der Waals surface area contributed by atoms with E-state index in [1.165, 1.54) is 4.90 Å². The lowest BCUT2D eigenvalue weighted by Gasteiger charge is -2.33. The molecule has 1 rings (SSSR count). The Bertz CT molecular complexity index is 281. The number of nitrogens with one attached hydrogen (secondary N) is 1. The molecule has 0 aromatic carbocycles. The Labute approximate surface area is 102 Å². The number of hydrogen-bond acceptors (Lipinski definition) is 3. The van der Waals surface area contributed by atoms with Gasteiger partial charge in [0.15, 0.2) is 0 Å². The summed E-state index contributed by atoms with van der Waals surface area (Å²) in [6.07, 6.45) is 2.31. The average Bonchev–Trinajstić information content (AvgIpc) is 2.28. The Hall–Kier alpha value is -1.30. The minimum absolute atomic E-state index is 0.265. The number of hydrogen-bond donors (Lipinski definition) is 2. The summed E-state index contributed by atoms with van der Waals surface area (Å²) < 4.78 is 0. The van der Waals surface area contributed by atoms with Crippen molar-refractivity contribution in [3.05, 3.63) is 0 Å². The Balaban J connectivity index is 2.45. The Morgan fingerprint density at radius 3 is 2.71 bits per heavy atom. The number of likely N-dealkylation sites (N-methyl/N-ethyl adjacent to an activating group) is 1. The van der Waals surface area contributed by atoms with E-state index in [1.807, 2.05) is 19.0 Å². The van der Waals surface area contributed by atoms with Crippen LogP contribution in [0.25, 0.3) is 0 Å². The van der Waals surface area contributed by atoms with E-state index in [2.05, 4.69) is 5.32 Å². The monoisotopic (exact) mass is 243 g/mol. The van der Waals surface area contributed by atoms with Crippen LogP contribution in [0.1, 0.15) is 19.3 Å². The molecule has 0 saturated carbocycles. The smallest absolute Gasteiger partial charge is 0.326 e. The van der Waals surface area contributed by atoms with Crippen molar-refractivity contribution in [2.24, 2.45) is 0 Å². The van der Waals surface area contributed by atoms with Crippen LogP contribution in [0, 0.1) is 0 Å². The van der Waals surface area contributed by atoms with Crippen LogP contribution in [0.4, 0.5) is 4.79 Å². The molecule has 0 bridgehead atoms. The first-order valence-electron chi connectivity index (χ1n) is 5.94. The maximum atomic E-state index is 11.8. The van der Waals surface area contributed by atoms with Crippen LogP contribution in [-0.2, 0) is 4.79 Å². The number of urea groups is 1. The molecule has 2 N–H and O–H groups in total. The lowest BCUT2D eigenvalue weighted by molar-refractivity contribution is -0.143. The predicted molar refractivity (Wildman–Crippen MR) is 63.9 cm³/mol. The number of rotatable bonds is 4. The molecule has 1 heterocycles. The van der Waals surface area contributed by atoms with Crippen molar-refractivity contribution in [3.63, 3.8) is 0 Å². The van der Waals surface area contributed by atoms with Crippen molar-refractivity contribution in [3.8, 4) is 0 Å². The molecular weight excluding hydrogens is 222 g/mol. The number of aliphatic carboxylic acids is 1. The number of carboxylic acids is 1. The molecule has 0 aliphatic carbocycles. The van der Waals surface area contributed by atoms with Crippen LogP contribution >= 0.6 is 0 Å². The highest BCUT2D eigenvalue weighted by molar-refractivity contribution is 5.82. The zero-order chi connectivity index (χ0) is 12.8. The number of piperidine rings is 1. The van der Waals surface area contributed by atoms with E-state index in [0.717, 1.165) is 19.4 Å². The van der Waals surface area contributed by atoms with Gasteiger partial charge < -0.3 is 20.2 Å². The third-order valence-corrected chi connectivity index (χ3v) is 2.88. The van der Waals surface area contributed by atoms with Crippen LogP contribution < -0.4 is 5.32 Å². The van der Waals surface area contributed by atoms with Crippen molar-refractivity contribution in [1.82, 2.24) is 15.1 Å². The average molecular weight is 243 g/mol. The van der Waals surface area contributed by atoms with Crippen LogP contribution in [0.2, 0.25) is 0 Å². The van der Waals surface area contributed by atoms with E-state index >= 15 is 0 Å². The molecule has 17 heavy (non-hydrogen) atoms. The molecule has 1 saturated heterocycles. The highest BCUT2D eigenvalue weighted by atomic mass is 16.4. The summed E-state index contributed by atoms with van der Waals surface area (Å²) in [6, 6.07) is -0.929. The highest BCUT2D eigenvalue weighted by Crippen LogP contribution is 2.16. The molecular formula is C11H21N3O3. The number of carbonyl (C=O) groups is 2. The first kappa shape index (κ1) is 13.8. The summed E-state index contributed by atoms with van der Waals surface area (Å²) in [5.41, 5.74) is 0. The van der Waals surface area contributed by atoms with E-state index < -0.39 is 12.0 Å². The molecule has 6 heteroatoms. The van der Waals surface area contributed by atoms with Gasteiger partial charge in [0.2, 0.25) is 0 Å². The lowest BCUT2D eigenvalue weighted by atomic mass is 10.0. The van der Waals surface area contributed by atoms with Gasteiger partial charge in [-0.1, -0.05) is 0 Å². The summed E-state index contributed by atoms with van der Waals surface area (Å²) in [4.78, 5) is 26.2. The fourth-order valence-corrected chi connectivity index (χ4v) is 1.92. The molecule has 1 unspecified atom stereocenters. The SMILES string of the molecule is CN(C)CCNC(=O)N1CCCCC1C(=O)O. The van der Waals surface area contributed by atoms with Crippen LogP contribution in [-0.4, -0.2) is 66.7 Å². The van der Waals surface area contributed by atoms with Gasteiger partial charge in [-0.15, -0.1) is 0 Å². The maximum absolute atomic E-state index is 11.8. The summed E-state index contributed by atoms with van der Waals surface area (Å²) in [5, 5.41) is 11.8. The molecule has 0 aromatic heterocycles. The van der Waals surface area contributed by atoms with E-state index in [0.29, 0.717) is 19.5 Å². The van der Waals surface area contributed by atoms with E-state index in [1.54, 1.807) is 0 Å². The van der Waals surface area contributed by atoms with Gasteiger partial charge >= 0.3 is 12.0 Å². The molecule has 6 nitrogen and oxygen atoms in total. The van der Waals surface area contributed by atoms with Gasteiger partial charge in [0.05, 0.1) is 0 Å². The second-order valence-corrected chi connectivity index (χ2v) is 4.58. The normalized spacial score (nSPS) is 20.4. The second kappa shape index (κ2) is 6.44. The molecule has 0 radical (unpaired) electrons. The molecule has 1 atom stereocenters. The van der Waals surface area contributed by atoms with Crippen molar-refractivity contribution < 1.29 is 14.7 Å². The number of amides is 2. The van der Waals surface area contributed by atoms with Gasteiger partial charge in [-0.05, 0) is 33.4 Å². The minimum atomic E-state index is -0.910. The fourth-order valence-electron chi connectivity index (χ4n) is 1.92. The molecule has 98 valence electrons. The van der Waals surface area contributed by atoms with Gasteiger partial charge in [-0.25, -0.2) is 9.59 Å². The minimum Gasteiger partial charge on any atom is -0.480 e. The zero-order valence-electron chi connectivity index (χ0n) is 10.5. The highest BCUT2D eigenvalue weighted by Gasteiger charge is 2.31. The number of carbonyl (C=O) groups excluding carboxylic acids is 1. The lowest BCUT2D eigenvalue weighted by Crippen LogP contribution is -2.52. The van der Waals surface area contributed by atoms with E-state index in [9.17, 15) is 9.59 Å². The van der Waals surface area contributed by atoms with Gasteiger partial charge in [-0.2, -0.15) is 0 Å². The van der Waals surface area contributed by atoms with Crippen LogP contribution in [0.3, 0.4) is 0 Å². The Morgan fingerprint density at radius 2 is 2.12 bits per heavy atom. The van der Waals surface area contributed by atoms with Gasteiger partial charge in [0.25, 0.3) is 0 Å². The Morgan fingerprint density at radius 1 is 1.41 bits per heavy atom. The number of nitrogens with zero attached hydrogens (tertiary/aromatic N) is 2. The Kier molecular flexibility index (Phi) is 5.21. The first-order chi connectivity index (χ1) is 8.02. The molecule has 0 aromatic rings. The summed E-state index contributed by atoms with van der Waals surface area (Å²) in [7, 11) is 3.85. The molecule has 1 aliphatic heterocycles. The molecule has 2 amide bonds. The first-order valence-corrected chi connectivity index (χ1v) is 5.94. The van der Waals surface area contributed by atoms with Crippen molar-refractivity contribution in [2.45, 2.75) is 25.3 Å². The zero-order valence-corrected chi connectivity index (χ0v) is 10.5. The number of likely N-dealkylation sites (tertiary alicyclic amines) is 1. The summed E-state index contributed by atoms with van der Waals surface area (Å²) in [5.74, 6) is -0.910. The van der Waals surface area contributed by atoms with Crippen molar-refractivity contribution in [1.29, 1.82) is 0 Å². The van der Waals surface area contributed by atoms with Crippen molar-refractivity contribution >= 4 is 12.0 Å². The standard InChI is InChI=1S/C11H21N3O3/c1-13(2)8-6-12-11(17)14-7-4-3-5-9(14)10(15)16/h9H,3-8H2,1-2H3,(H,12,17)(H,15,16). The van der Waals surface area contributed by atoms with Gasteiger partial charge in [-0.3, -0.25) is 0 Å². The predicted octanol–water partition coefficient (Wildman–Crippen LogP) is 0.197. The van der Waals surface area contributed by atoms with Gasteiger partial charge in [0, 0.05) is 19.6 Å². The van der Waals surface area contributed by atoms with E-state index in [4.69, 9.17) is 5.11 Å². The molecule has 1 fully saturated rings. The third kappa shape index (κ3) is 4.22. The van der Waals surface area contributed by atoms with Gasteiger partial charge in [0.1, 0.15) is 6.04 Å². The quantitative estimate of drug-likeness (QED) is 0.739. The van der Waals surface area contributed by atoms with Crippen LogP contribution in [0.15, 0.2) is 0 Å². The summed E-state index contributed by atoms with van der Waals surface area (Å²) >= 11 is 0.